The summed E-state index contributed by atoms with van der Waals surface area (Å²) in [7, 11) is 0. The third-order valence-electron chi connectivity index (χ3n) is 7.81. The van der Waals surface area contributed by atoms with Gasteiger partial charge in [0.15, 0.2) is 0 Å². The van der Waals surface area contributed by atoms with E-state index >= 15 is 0 Å². The van der Waals surface area contributed by atoms with Crippen molar-refractivity contribution in [2.75, 3.05) is 4.90 Å². The van der Waals surface area contributed by atoms with Gasteiger partial charge in [-0.3, -0.25) is 0 Å². The van der Waals surface area contributed by atoms with Crippen LogP contribution in [0, 0.1) is 0 Å². The maximum absolute atomic E-state index is 2.44. The summed E-state index contributed by atoms with van der Waals surface area (Å²) in [5.74, 6) is 0. The van der Waals surface area contributed by atoms with E-state index in [-0.39, 0.29) is 5.41 Å². The topological polar surface area (TPSA) is 3.24 Å². The molecule has 0 atom stereocenters. The molecule has 0 saturated carbocycles. The Hall–Kier alpha value is -4.36. The molecule has 0 unspecified atom stereocenters. The first kappa shape index (κ1) is 21.0. The third-order valence-corrected chi connectivity index (χ3v) is 7.81. The van der Waals surface area contributed by atoms with E-state index in [4.69, 9.17) is 0 Å². The molecule has 0 aromatic heterocycles. The van der Waals surface area contributed by atoms with Crippen LogP contribution in [0.4, 0.5) is 17.1 Å². The van der Waals surface area contributed by atoms with Gasteiger partial charge in [-0.25, -0.2) is 0 Å². The number of anilines is 3. The van der Waals surface area contributed by atoms with Crippen molar-refractivity contribution in [2.24, 2.45) is 0 Å². The zero-order chi connectivity index (χ0) is 24.3. The smallest absolute Gasteiger partial charge is 0.0468 e. The monoisotopic (exact) mass is 461 g/mol. The SMILES string of the molecule is CC1(C)c2ccc(N(c3ccccc3)c3ccccc3)cc2-c2cc3ccc4ccccc4c3cc21. The first-order valence-corrected chi connectivity index (χ1v) is 12.6. The van der Waals surface area contributed by atoms with Crippen LogP contribution in [0.25, 0.3) is 32.7 Å². The molecular weight excluding hydrogens is 434 g/mol. The van der Waals surface area contributed by atoms with Gasteiger partial charge in [0, 0.05) is 22.5 Å². The average molecular weight is 462 g/mol. The number of hydrogen-bond donors (Lipinski definition) is 0. The summed E-state index contributed by atoms with van der Waals surface area (Å²) >= 11 is 0. The van der Waals surface area contributed by atoms with Gasteiger partial charge in [0.1, 0.15) is 0 Å². The van der Waals surface area contributed by atoms with Crippen LogP contribution >= 0.6 is 0 Å². The Morgan fingerprint density at radius 1 is 0.444 bits per heavy atom. The Morgan fingerprint density at radius 2 is 1.06 bits per heavy atom. The van der Waals surface area contributed by atoms with E-state index in [0.717, 1.165) is 11.4 Å². The van der Waals surface area contributed by atoms with Crippen molar-refractivity contribution >= 4 is 38.6 Å². The van der Waals surface area contributed by atoms with Gasteiger partial charge in [-0.1, -0.05) is 92.7 Å². The maximum Gasteiger partial charge on any atom is 0.0468 e. The summed E-state index contributed by atoms with van der Waals surface area (Å²) in [6.07, 6.45) is 0. The Labute approximate surface area is 212 Å². The summed E-state index contributed by atoms with van der Waals surface area (Å²) in [5.41, 5.74) is 8.91. The lowest BCUT2D eigenvalue weighted by Gasteiger charge is -2.27. The molecule has 0 aliphatic heterocycles. The Morgan fingerprint density at radius 3 is 1.78 bits per heavy atom. The minimum Gasteiger partial charge on any atom is -0.310 e. The fourth-order valence-corrected chi connectivity index (χ4v) is 5.98. The minimum atomic E-state index is -0.0569. The van der Waals surface area contributed by atoms with Gasteiger partial charge < -0.3 is 4.90 Å². The van der Waals surface area contributed by atoms with Crippen LogP contribution in [0.1, 0.15) is 25.0 Å². The van der Waals surface area contributed by atoms with Gasteiger partial charge in [-0.2, -0.15) is 0 Å². The van der Waals surface area contributed by atoms with Gasteiger partial charge in [0.05, 0.1) is 0 Å². The van der Waals surface area contributed by atoms with Crippen molar-refractivity contribution in [3.05, 3.63) is 139 Å². The molecule has 0 bridgehead atoms. The van der Waals surface area contributed by atoms with Gasteiger partial charge >= 0.3 is 0 Å². The molecule has 1 aliphatic carbocycles. The number of hydrogen-bond acceptors (Lipinski definition) is 1. The van der Waals surface area contributed by atoms with E-state index in [9.17, 15) is 0 Å². The highest BCUT2D eigenvalue weighted by atomic mass is 15.1. The molecule has 0 N–H and O–H groups in total. The van der Waals surface area contributed by atoms with E-state index in [1.807, 2.05) is 0 Å². The lowest BCUT2D eigenvalue weighted by atomic mass is 9.81. The number of fused-ring (bicyclic) bond motifs is 6. The van der Waals surface area contributed by atoms with E-state index in [1.54, 1.807) is 0 Å². The lowest BCUT2D eigenvalue weighted by Crippen LogP contribution is -2.15. The molecule has 0 radical (unpaired) electrons. The minimum absolute atomic E-state index is 0.0569. The number of nitrogens with zero attached hydrogens (tertiary/aromatic N) is 1. The van der Waals surface area contributed by atoms with E-state index < -0.39 is 0 Å². The highest BCUT2D eigenvalue weighted by Gasteiger charge is 2.36. The summed E-state index contributed by atoms with van der Waals surface area (Å²) in [6.45, 7) is 4.72. The zero-order valence-electron chi connectivity index (χ0n) is 20.6. The van der Waals surface area contributed by atoms with Gasteiger partial charge in [-0.05, 0) is 92.3 Å². The highest BCUT2D eigenvalue weighted by Crippen LogP contribution is 2.52. The van der Waals surface area contributed by atoms with Crippen LogP contribution in [0.5, 0.6) is 0 Å². The second kappa shape index (κ2) is 7.83. The molecule has 0 saturated heterocycles. The maximum atomic E-state index is 2.44. The Kier molecular flexibility index (Phi) is 4.56. The first-order chi connectivity index (χ1) is 17.6. The fourth-order valence-electron chi connectivity index (χ4n) is 5.98. The predicted octanol–water partition coefficient (Wildman–Crippen LogP) is 9.77. The van der Waals surface area contributed by atoms with Gasteiger partial charge in [-0.15, -0.1) is 0 Å². The molecule has 7 rings (SSSR count). The molecule has 0 spiro atoms. The van der Waals surface area contributed by atoms with E-state index in [0.29, 0.717) is 0 Å². The summed E-state index contributed by atoms with van der Waals surface area (Å²) in [5, 5.41) is 5.25. The average Bonchev–Trinajstić information content (AvgIpc) is 3.14. The molecule has 6 aromatic rings. The molecule has 0 amide bonds. The Bertz CT molecular complexity index is 1710. The predicted molar refractivity (Wildman–Crippen MR) is 154 cm³/mol. The van der Waals surface area contributed by atoms with E-state index in [2.05, 4.69) is 146 Å². The number of benzene rings is 6. The summed E-state index contributed by atoms with van der Waals surface area (Å²) in [6, 6.07) is 46.4. The molecule has 0 heterocycles. The molecular formula is C35H27N. The lowest BCUT2D eigenvalue weighted by molar-refractivity contribution is 0.661. The van der Waals surface area contributed by atoms with Crippen LogP contribution in [-0.4, -0.2) is 0 Å². The van der Waals surface area contributed by atoms with Crippen LogP contribution in [0.15, 0.2) is 127 Å². The summed E-state index contributed by atoms with van der Waals surface area (Å²) in [4.78, 5) is 2.35. The second-order valence-corrected chi connectivity index (χ2v) is 10.3. The summed E-state index contributed by atoms with van der Waals surface area (Å²) < 4.78 is 0. The first-order valence-electron chi connectivity index (χ1n) is 12.6. The molecule has 0 fully saturated rings. The standard InChI is InChI=1S/C35H27N/c1-35(2)33-20-19-28(36(26-12-5-3-6-13-26)27-14-7-4-8-15-27)22-32(33)31-21-25-18-17-24-11-9-10-16-29(24)30(25)23-34(31)35/h3-23H,1-2H3. The van der Waals surface area contributed by atoms with Crippen LogP contribution in [-0.2, 0) is 5.41 Å². The zero-order valence-corrected chi connectivity index (χ0v) is 20.6. The van der Waals surface area contributed by atoms with Crippen molar-refractivity contribution in [2.45, 2.75) is 19.3 Å². The highest BCUT2D eigenvalue weighted by molar-refractivity contribution is 6.09. The largest absolute Gasteiger partial charge is 0.310 e. The fraction of sp³-hybridized carbons (Fsp3) is 0.0857. The van der Waals surface area contributed by atoms with Crippen molar-refractivity contribution < 1.29 is 0 Å². The van der Waals surface area contributed by atoms with E-state index in [1.165, 1.54) is 49.5 Å². The van der Waals surface area contributed by atoms with Crippen molar-refractivity contribution in [3.8, 4) is 11.1 Å². The molecule has 36 heavy (non-hydrogen) atoms. The van der Waals surface area contributed by atoms with Crippen LogP contribution in [0.2, 0.25) is 0 Å². The van der Waals surface area contributed by atoms with Gasteiger partial charge in [0.2, 0.25) is 0 Å². The van der Waals surface area contributed by atoms with Crippen LogP contribution in [0.3, 0.4) is 0 Å². The van der Waals surface area contributed by atoms with Crippen molar-refractivity contribution in [3.63, 3.8) is 0 Å². The quantitative estimate of drug-likeness (QED) is 0.237. The third kappa shape index (κ3) is 3.09. The number of para-hydroxylation sites is 2. The molecule has 1 aliphatic rings. The molecule has 1 nitrogen and oxygen atoms in total. The second-order valence-electron chi connectivity index (χ2n) is 10.3. The van der Waals surface area contributed by atoms with Crippen LogP contribution < -0.4 is 4.90 Å². The molecule has 1 heteroatoms. The Balaban J connectivity index is 1.46. The normalized spacial score (nSPS) is 13.5. The molecule has 172 valence electrons. The van der Waals surface area contributed by atoms with Crippen molar-refractivity contribution in [1.82, 2.24) is 0 Å². The number of rotatable bonds is 3. The molecule has 6 aromatic carbocycles. The van der Waals surface area contributed by atoms with Gasteiger partial charge in [0.25, 0.3) is 0 Å². The van der Waals surface area contributed by atoms with Crippen molar-refractivity contribution in [1.29, 1.82) is 0 Å².